The molecule has 1 aromatic carbocycles. The lowest BCUT2D eigenvalue weighted by Gasteiger charge is -2.30. The molecule has 106 valence electrons. The van der Waals surface area contributed by atoms with Crippen molar-refractivity contribution in [3.05, 3.63) is 29.8 Å². The van der Waals surface area contributed by atoms with Gasteiger partial charge in [0, 0.05) is 31.4 Å². The normalized spacial score (nSPS) is 21.4. The third-order valence-corrected chi connectivity index (χ3v) is 3.89. The van der Waals surface area contributed by atoms with Gasteiger partial charge in [-0.15, -0.1) is 0 Å². The van der Waals surface area contributed by atoms with Gasteiger partial charge in [-0.1, -0.05) is 19.1 Å². The summed E-state index contributed by atoms with van der Waals surface area (Å²) in [6, 6.07) is 9.63. The van der Waals surface area contributed by atoms with Crippen LogP contribution in [0.15, 0.2) is 24.3 Å². The fraction of sp³-hybridized carbons (Fsp3) is 0.625. The zero-order chi connectivity index (χ0) is 13.7. The second-order valence-electron chi connectivity index (χ2n) is 5.60. The third-order valence-electron chi connectivity index (χ3n) is 3.89. The summed E-state index contributed by atoms with van der Waals surface area (Å²) in [4.78, 5) is 4.98. The predicted molar refractivity (Wildman–Crippen MR) is 82.7 cm³/mol. The lowest BCUT2D eigenvalue weighted by atomic mass is 10.1. The molecule has 0 bridgehead atoms. The Morgan fingerprint density at radius 3 is 2.63 bits per heavy atom. The predicted octanol–water partition coefficient (Wildman–Crippen LogP) is 2.33. The van der Waals surface area contributed by atoms with Gasteiger partial charge in [0.05, 0.1) is 0 Å². The lowest BCUT2D eigenvalue weighted by Crippen LogP contribution is -2.37. The average Bonchev–Trinajstić information content (AvgIpc) is 2.58. The molecule has 1 fully saturated rings. The molecule has 1 N–H and O–H groups in total. The number of nitrogens with one attached hydrogen (secondary N) is 1. The summed E-state index contributed by atoms with van der Waals surface area (Å²) in [5, 5.41) is 3.37. The van der Waals surface area contributed by atoms with Crippen LogP contribution in [-0.4, -0.2) is 44.2 Å². The topological polar surface area (TPSA) is 18.5 Å². The van der Waals surface area contributed by atoms with E-state index >= 15 is 0 Å². The van der Waals surface area contributed by atoms with Crippen molar-refractivity contribution in [1.29, 1.82) is 0 Å². The van der Waals surface area contributed by atoms with Crippen LogP contribution in [0.4, 0.5) is 5.69 Å². The molecule has 0 aliphatic carbocycles. The monoisotopic (exact) mass is 261 g/mol. The van der Waals surface area contributed by atoms with Crippen LogP contribution in [0.3, 0.4) is 0 Å². The van der Waals surface area contributed by atoms with E-state index in [1.807, 2.05) is 0 Å². The standard InChI is InChI=1S/C16H27N3/c1-4-17-12-15-6-8-16(9-7-15)19-11-5-10-18(3)13-14(19)2/h6-9,14,17H,4-5,10-13H2,1-3H3. The maximum atomic E-state index is 3.37. The van der Waals surface area contributed by atoms with Gasteiger partial charge in [0.1, 0.15) is 0 Å². The largest absolute Gasteiger partial charge is 0.367 e. The van der Waals surface area contributed by atoms with E-state index in [0.717, 1.165) is 26.2 Å². The van der Waals surface area contributed by atoms with Crippen LogP contribution in [0.1, 0.15) is 25.8 Å². The van der Waals surface area contributed by atoms with Gasteiger partial charge < -0.3 is 15.1 Å². The van der Waals surface area contributed by atoms with Gasteiger partial charge in [-0.2, -0.15) is 0 Å². The molecule has 2 rings (SSSR count). The summed E-state index contributed by atoms with van der Waals surface area (Å²) in [6.07, 6.45) is 1.25. The third kappa shape index (κ3) is 3.95. The Labute approximate surface area is 117 Å². The molecule has 3 heteroatoms. The Morgan fingerprint density at radius 2 is 1.95 bits per heavy atom. The molecule has 0 saturated carbocycles. The highest BCUT2D eigenvalue weighted by Gasteiger charge is 2.19. The number of anilines is 1. The van der Waals surface area contributed by atoms with Crippen molar-refractivity contribution in [3.8, 4) is 0 Å². The molecule has 19 heavy (non-hydrogen) atoms. The highest BCUT2D eigenvalue weighted by molar-refractivity contribution is 5.48. The van der Waals surface area contributed by atoms with Crippen molar-refractivity contribution in [3.63, 3.8) is 0 Å². The van der Waals surface area contributed by atoms with E-state index in [9.17, 15) is 0 Å². The zero-order valence-corrected chi connectivity index (χ0v) is 12.5. The number of rotatable bonds is 4. The molecule has 1 aromatic rings. The highest BCUT2D eigenvalue weighted by Crippen LogP contribution is 2.20. The van der Waals surface area contributed by atoms with E-state index in [1.54, 1.807) is 0 Å². The van der Waals surface area contributed by atoms with Gasteiger partial charge in [-0.25, -0.2) is 0 Å². The molecular weight excluding hydrogens is 234 g/mol. The van der Waals surface area contributed by atoms with Crippen molar-refractivity contribution >= 4 is 5.69 Å². The van der Waals surface area contributed by atoms with E-state index < -0.39 is 0 Å². The first kappa shape index (κ1) is 14.4. The number of hydrogen-bond acceptors (Lipinski definition) is 3. The maximum absolute atomic E-state index is 3.37. The van der Waals surface area contributed by atoms with Crippen molar-refractivity contribution < 1.29 is 0 Å². The molecule has 3 nitrogen and oxygen atoms in total. The Bertz CT molecular complexity index is 374. The van der Waals surface area contributed by atoms with Gasteiger partial charge in [-0.3, -0.25) is 0 Å². The Kier molecular flexibility index (Phi) is 5.23. The Hall–Kier alpha value is -1.06. The molecule has 0 amide bonds. The van der Waals surface area contributed by atoms with Crippen molar-refractivity contribution in [2.45, 2.75) is 32.9 Å². The lowest BCUT2D eigenvalue weighted by molar-refractivity contribution is 0.337. The molecule has 1 saturated heterocycles. The fourth-order valence-electron chi connectivity index (χ4n) is 2.83. The van der Waals surface area contributed by atoms with Gasteiger partial charge in [0.2, 0.25) is 0 Å². The molecule has 0 radical (unpaired) electrons. The Balaban J connectivity index is 2.03. The minimum absolute atomic E-state index is 0.590. The summed E-state index contributed by atoms with van der Waals surface area (Å²) in [7, 11) is 2.22. The summed E-state index contributed by atoms with van der Waals surface area (Å²) < 4.78 is 0. The van der Waals surface area contributed by atoms with Gasteiger partial charge in [-0.05, 0) is 51.2 Å². The molecule has 0 spiro atoms. The number of likely N-dealkylation sites (N-methyl/N-ethyl adjacent to an activating group) is 1. The van der Waals surface area contributed by atoms with Crippen LogP contribution < -0.4 is 10.2 Å². The molecular formula is C16H27N3. The zero-order valence-electron chi connectivity index (χ0n) is 12.5. The minimum Gasteiger partial charge on any atom is -0.367 e. The smallest absolute Gasteiger partial charge is 0.0388 e. The summed E-state index contributed by atoms with van der Waals surface area (Å²) in [5.74, 6) is 0. The minimum atomic E-state index is 0.590. The van der Waals surface area contributed by atoms with Crippen LogP contribution in [-0.2, 0) is 6.54 Å². The summed E-state index contributed by atoms with van der Waals surface area (Å²) in [5.41, 5.74) is 2.73. The second-order valence-corrected chi connectivity index (χ2v) is 5.60. The highest BCUT2D eigenvalue weighted by atomic mass is 15.2. The molecule has 1 heterocycles. The number of nitrogens with zero attached hydrogens (tertiary/aromatic N) is 2. The molecule has 1 atom stereocenters. The molecule has 1 unspecified atom stereocenters. The molecule has 1 aliphatic heterocycles. The first-order valence-electron chi connectivity index (χ1n) is 7.45. The Morgan fingerprint density at radius 1 is 1.21 bits per heavy atom. The SMILES string of the molecule is CCNCc1ccc(N2CCCN(C)CC2C)cc1. The van der Waals surface area contributed by atoms with E-state index in [1.165, 1.54) is 24.2 Å². The summed E-state index contributed by atoms with van der Waals surface area (Å²) in [6.45, 7) is 9.99. The maximum Gasteiger partial charge on any atom is 0.0388 e. The van der Waals surface area contributed by atoms with Crippen LogP contribution in [0.25, 0.3) is 0 Å². The van der Waals surface area contributed by atoms with E-state index in [0.29, 0.717) is 6.04 Å². The van der Waals surface area contributed by atoms with E-state index in [2.05, 4.69) is 60.3 Å². The van der Waals surface area contributed by atoms with Gasteiger partial charge in [0.15, 0.2) is 0 Å². The van der Waals surface area contributed by atoms with E-state index in [4.69, 9.17) is 0 Å². The van der Waals surface area contributed by atoms with Crippen molar-refractivity contribution in [1.82, 2.24) is 10.2 Å². The van der Waals surface area contributed by atoms with Gasteiger partial charge >= 0.3 is 0 Å². The number of benzene rings is 1. The number of hydrogen-bond donors (Lipinski definition) is 1. The molecule has 1 aliphatic rings. The van der Waals surface area contributed by atoms with Crippen LogP contribution in [0.2, 0.25) is 0 Å². The van der Waals surface area contributed by atoms with E-state index in [-0.39, 0.29) is 0 Å². The van der Waals surface area contributed by atoms with Crippen LogP contribution in [0.5, 0.6) is 0 Å². The van der Waals surface area contributed by atoms with Crippen molar-refractivity contribution in [2.75, 3.05) is 38.1 Å². The van der Waals surface area contributed by atoms with Crippen LogP contribution >= 0.6 is 0 Å². The molecule has 0 aromatic heterocycles. The first-order valence-corrected chi connectivity index (χ1v) is 7.45. The second kappa shape index (κ2) is 6.92. The van der Waals surface area contributed by atoms with Crippen LogP contribution in [0, 0.1) is 0 Å². The first-order chi connectivity index (χ1) is 9.20. The fourth-order valence-corrected chi connectivity index (χ4v) is 2.83. The van der Waals surface area contributed by atoms with Crippen molar-refractivity contribution in [2.24, 2.45) is 0 Å². The summed E-state index contributed by atoms with van der Waals surface area (Å²) >= 11 is 0. The quantitative estimate of drug-likeness (QED) is 0.897. The average molecular weight is 261 g/mol. The van der Waals surface area contributed by atoms with Gasteiger partial charge in [0.25, 0.3) is 0 Å².